The van der Waals surface area contributed by atoms with Crippen molar-refractivity contribution in [1.82, 2.24) is 24.2 Å². The molecule has 1 aromatic carbocycles. The third-order valence-electron chi connectivity index (χ3n) is 6.43. The third kappa shape index (κ3) is 3.35. The molecule has 1 saturated heterocycles. The average molecular weight is 472 g/mol. The van der Waals surface area contributed by atoms with Crippen LogP contribution in [-0.4, -0.2) is 42.0 Å². The van der Waals surface area contributed by atoms with Crippen LogP contribution in [0.1, 0.15) is 68.2 Å². The van der Waals surface area contributed by atoms with Crippen LogP contribution in [0.4, 0.5) is 13.6 Å². The maximum atomic E-state index is 15.9. The van der Waals surface area contributed by atoms with Gasteiger partial charge in [-0.15, -0.1) is 0 Å². The summed E-state index contributed by atoms with van der Waals surface area (Å²) in [6.07, 6.45) is 1.83. The lowest BCUT2D eigenvalue weighted by Gasteiger charge is -2.37. The first kappa shape index (κ1) is 22.4. The number of hydrogen-bond acceptors (Lipinski definition) is 4. The van der Waals surface area contributed by atoms with Crippen LogP contribution < -0.4 is 5.69 Å². The largest absolute Gasteiger partial charge is 0.444 e. The third-order valence-corrected chi connectivity index (χ3v) is 6.43. The predicted octanol–water partition coefficient (Wildman–Crippen LogP) is 4.57. The van der Waals surface area contributed by atoms with Gasteiger partial charge in [0.05, 0.1) is 17.8 Å². The quantitative estimate of drug-likeness (QED) is 0.593. The molecule has 0 aliphatic carbocycles. The smallest absolute Gasteiger partial charge is 0.411 e. The van der Waals surface area contributed by atoms with Crippen LogP contribution in [0.15, 0.2) is 29.3 Å². The molecule has 2 aliphatic heterocycles. The summed E-state index contributed by atoms with van der Waals surface area (Å²) < 4.78 is 38.7. The van der Waals surface area contributed by atoms with Gasteiger partial charge in [-0.05, 0) is 70.7 Å². The van der Waals surface area contributed by atoms with Gasteiger partial charge in [-0.1, -0.05) is 0 Å². The molecule has 4 heterocycles. The van der Waals surface area contributed by atoms with Crippen molar-refractivity contribution < 1.29 is 18.3 Å². The molecule has 3 atom stereocenters. The maximum absolute atomic E-state index is 15.9. The van der Waals surface area contributed by atoms with Crippen LogP contribution in [0.3, 0.4) is 0 Å². The number of aromatic amines is 1. The molecule has 8 nitrogen and oxygen atoms in total. The summed E-state index contributed by atoms with van der Waals surface area (Å²) in [5.74, 6) is -0.00669. The van der Waals surface area contributed by atoms with E-state index in [1.54, 1.807) is 46.8 Å². The highest BCUT2D eigenvalue weighted by molar-refractivity contribution is 5.71. The first-order valence-corrected chi connectivity index (χ1v) is 11.3. The number of rotatable bonds is 2. The van der Waals surface area contributed by atoms with Gasteiger partial charge in [0.15, 0.2) is 6.17 Å². The Kier molecular flexibility index (Phi) is 4.96. The van der Waals surface area contributed by atoms with Crippen molar-refractivity contribution in [2.24, 2.45) is 0 Å². The molecule has 180 valence electrons. The van der Waals surface area contributed by atoms with Gasteiger partial charge < -0.3 is 9.72 Å². The summed E-state index contributed by atoms with van der Waals surface area (Å²) in [6, 6.07) is 2.01. The zero-order valence-corrected chi connectivity index (χ0v) is 19.7. The van der Waals surface area contributed by atoms with E-state index in [2.05, 4.69) is 10.1 Å². The molecule has 0 spiro atoms. The second-order valence-corrected chi connectivity index (χ2v) is 10.0. The zero-order valence-electron chi connectivity index (χ0n) is 19.7. The van der Waals surface area contributed by atoms with Crippen molar-refractivity contribution >= 4 is 6.09 Å². The normalized spacial score (nSPS) is 21.6. The van der Waals surface area contributed by atoms with Crippen molar-refractivity contribution in [2.45, 2.75) is 71.3 Å². The van der Waals surface area contributed by atoms with Gasteiger partial charge in [-0.2, -0.15) is 5.10 Å². The number of H-pyrrole nitrogens is 1. The number of imidazole rings is 1. The fraction of sp³-hybridized carbons (Fsp3) is 0.458. The summed E-state index contributed by atoms with van der Waals surface area (Å²) in [7, 11) is 0. The number of amides is 1. The van der Waals surface area contributed by atoms with Crippen molar-refractivity contribution in [2.75, 3.05) is 0 Å². The van der Waals surface area contributed by atoms with E-state index < -0.39 is 35.6 Å². The van der Waals surface area contributed by atoms with E-state index in [0.717, 1.165) is 0 Å². The number of ether oxygens (including phenoxy) is 1. The highest BCUT2D eigenvalue weighted by atomic mass is 19.1. The minimum absolute atomic E-state index is 0.190. The van der Waals surface area contributed by atoms with Crippen molar-refractivity contribution in [3.8, 4) is 11.5 Å². The minimum atomic E-state index is -1.56. The molecule has 1 N–H and O–H groups in total. The summed E-state index contributed by atoms with van der Waals surface area (Å²) in [4.78, 5) is 29.8. The summed E-state index contributed by atoms with van der Waals surface area (Å²) in [6.45, 7) is 8.56. The fourth-order valence-corrected chi connectivity index (χ4v) is 5.07. The molecule has 34 heavy (non-hydrogen) atoms. The number of halogens is 2. The molecule has 0 saturated carbocycles. The number of aromatic nitrogens is 4. The molecule has 2 aliphatic rings. The number of benzene rings is 1. The van der Waals surface area contributed by atoms with E-state index >= 15 is 4.39 Å². The SMILES string of the molecule is Cc1cc(-n2nc3c(c2-n2cc[nH]c2=O)[C@@H]2CCC([C@@H]3F)N2C(=O)OC(C)(C)C)cc(C)c1F. The molecule has 10 heteroatoms. The summed E-state index contributed by atoms with van der Waals surface area (Å²) >= 11 is 0. The Morgan fingerprint density at radius 3 is 2.47 bits per heavy atom. The number of carbonyl (C=O) groups excluding carboxylic acids is 1. The molecular formula is C24H27F2N5O3. The first-order valence-electron chi connectivity index (χ1n) is 11.3. The molecule has 1 fully saturated rings. The molecule has 2 bridgehead atoms. The summed E-state index contributed by atoms with van der Waals surface area (Å²) in [5, 5.41) is 4.59. The van der Waals surface area contributed by atoms with E-state index in [1.165, 1.54) is 26.5 Å². The van der Waals surface area contributed by atoms with Gasteiger partial charge in [0, 0.05) is 18.0 Å². The van der Waals surface area contributed by atoms with E-state index in [1.807, 2.05) is 0 Å². The number of carbonyl (C=O) groups is 1. The second kappa shape index (κ2) is 7.54. The van der Waals surface area contributed by atoms with E-state index in [4.69, 9.17) is 4.74 Å². The van der Waals surface area contributed by atoms with E-state index in [9.17, 15) is 14.0 Å². The highest BCUT2D eigenvalue weighted by Gasteiger charge is 2.53. The number of alkyl halides is 1. The Morgan fingerprint density at radius 1 is 1.21 bits per heavy atom. The molecule has 0 radical (unpaired) electrons. The lowest BCUT2D eigenvalue weighted by atomic mass is 9.98. The molecule has 2 aromatic heterocycles. The van der Waals surface area contributed by atoms with Crippen LogP contribution in [0.2, 0.25) is 0 Å². The van der Waals surface area contributed by atoms with Crippen LogP contribution in [0.25, 0.3) is 11.5 Å². The van der Waals surface area contributed by atoms with Crippen molar-refractivity contribution in [3.05, 3.63) is 63.2 Å². The predicted molar refractivity (Wildman–Crippen MR) is 121 cm³/mol. The molecule has 3 aromatic rings. The van der Waals surface area contributed by atoms with E-state index in [0.29, 0.717) is 41.0 Å². The maximum Gasteiger partial charge on any atom is 0.411 e. The number of nitrogens with one attached hydrogen (secondary N) is 1. The Morgan fingerprint density at radius 2 is 1.88 bits per heavy atom. The first-order chi connectivity index (χ1) is 16.0. The monoisotopic (exact) mass is 471 g/mol. The molecular weight excluding hydrogens is 444 g/mol. The molecule has 1 unspecified atom stereocenters. The number of nitrogens with zero attached hydrogens (tertiary/aromatic N) is 4. The van der Waals surface area contributed by atoms with Gasteiger partial charge in [0.2, 0.25) is 0 Å². The fourth-order valence-electron chi connectivity index (χ4n) is 5.07. The molecule has 5 rings (SSSR count). The lowest BCUT2D eigenvalue weighted by Crippen LogP contribution is -2.45. The van der Waals surface area contributed by atoms with Crippen molar-refractivity contribution in [1.29, 1.82) is 0 Å². The molecule has 1 amide bonds. The van der Waals surface area contributed by atoms with Crippen molar-refractivity contribution in [3.63, 3.8) is 0 Å². The van der Waals surface area contributed by atoms with Gasteiger partial charge in [0.1, 0.15) is 22.9 Å². The van der Waals surface area contributed by atoms with Crippen LogP contribution in [-0.2, 0) is 4.74 Å². The van der Waals surface area contributed by atoms with Crippen LogP contribution in [0.5, 0.6) is 0 Å². The number of hydrogen-bond donors (Lipinski definition) is 1. The Balaban J connectivity index is 1.74. The van der Waals surface area contributed by atoms with Gasteiger partial charge in [-0.3, -0.25) is 9.47 Å². The zero-order chi connectivity index (χ0) is 24.5. The Labute approximate surface area is 195 Å². The standard InChI is InChI=1S/C24H27F2N5O3/c1-12-10-14(11-13(2)18(12)25)31-21(29-9-8-27-22(29)32)17-15-6-7-16(19(26)20(17)28-31)30(15)23(33)34-24(3,4)5/h8-11,15-16,19H,6-7H2,1-5H3,(H,27,32)/t15-,16?,19-/m0/s1. The van der Waals surface area contributed by atoms with Gasteiger partial charge in [-0.25, -0.2) is 23.1 Å². The van der Waals surface area contributed by atoms with Gasteiger partial charge in [0.25, 0.3) is 0 Å². The van der Waals surface area contributed by atoms with Crippen LogP contribution in [0, 0.1) is 19.7 Å². The number of aryl methyl sites for hydroxylation is 2. The Bertz CT molecular complexity index is 1330. The van der Waals surface area contributed by atoms with Gasteiger partial charge >= 0.3 is 11.8 Å². The minimum Gasteiger partial charge on any atom is -0.444 e. The van der Waals surface area contributed by atoms with E-state index in [-0.39, 0.29) is 11.5 Å². The highest BCUT2D eigenvalue weighted by Crippen LogP contribution is 2.52. The average Bonchev–Trinajstić information content (AvgIpc) is 3.43. The van der Waals surface area contributed by atoms with Crippen LogP contribution >= 0.6 is 0 Å². The topological polar surface area (TPSA) is 85.2 Å². The second-order valence-electron chi connectivity index (χ2n) is 10.0. The Hall–Kier alpha value is -3.43. The number of fused-ring (bicyclic) bond motifs is 4. The lowest BCUT2D eigenvalue weighted by molar-refractivity contribution is 0.00107. The summed E-state index contributed by atoms with van der Waals surface area (Å²) in [5.41, 5.74) is 0.799.